The monoisotopic (exact) mass is 258 g/mol. The highest BCUT2D eigenvalue weighted by Crippen LogP contribution is 2.13. The number of nitrogens with zero attached hydrogens (tertiary/aromatic N) is 3. The van der Waals surface area contributed by atoms with Gasteiger partial charge in [-0.2, -0.15) is 8.78 Å². The predicted molar refractivity (Wildman–Crippen MR) is 60.9 cm³/mol. The lowest BCUT2D eigenvalue weighted by atomic mass is 10.5. The summed E-state index contributed by atoms with van der Waals surface area (Å²) in [6, 6.07) is 0. The van der Waals surface area contributed by atoms with Crippen molar-refractivity contribution in [1.82, 2.24) is 19.9 Å². The molecule has 2 heterocycles. The third kappa shape index (κ3) is 3.07. The molecule has 0 amide bonds. The van der Waals surface area contributed by atoms with E-state index in [-0.39, 0.29) is 0 Å². The summed E-state index contributed by atoms with van der Waals surface area (Å²) in [5.41, 5.74) is 0. The fraction of sp³-hybridized carbons (Fsp3) is 0.400. The second-order valence-corrected chi connectivity index (χ2v) is 4.80. The molecule has 0 aliphatic rings. The molecule has 2 aromatic heterocycles. The molecule has 2 rings (SSSR count). The number of imidazole rings is 1. The van der Waals surface area contributed by atoms with Crippen LogP contribution in [0.1, 0.15) is 22.3 Å². The van der Waals surface area contributed by atoms with Gasteiger partial charge in [-0.25, -0.2) is 9.97 Å². The van der Waals surface area contributed by atoms with Gasteiger partial charge < -0.3 is 5.32 Å². The number of halogens is 2. The van der Waals surface area contributed by atoms with Gasteiger partial charge in [0.25, 0.3) is 0 Å². The van der Waals surface area contributed by atoms with Gasteiger partial charge in [0.05, 0.1) is 11.6 Å². The Morgan fingerprint density at radius 1 is 1.41 bits per heavy atom. The fourth-order valence-corrected chi connectivity index (χ4v) is 2.21. The van der Waals surface area contributed by atoms with E-state index in [4.69, 9.17) is 0 Å². The van der Waals surface area contributed by atoms with Crippen molar-refractivity contribution >= 4 is 11.3 Å². The van der Waals surface area contributed by atoms with Gasteiger partial charge >= 0.3 is 6.55 Å². The van der Waals surface area contributed by atoms with Crippen LogP contribution in [0.25, 0.3) is 0 Å². The molecular weight excluding hydrogens is 246 g/mol. The van der Waals surface area contributed by atoms with Crippen molar-refractivity contribution < 1.29 is 8.78 Å². The normalized spacial score (nSPS) is 11.3. The minimum atomic E-state index is -2.54. The Labute approximate surface area is 101 Å². The molecule has 0 fully saturated rings. The fourth-order valence-electron chi connectivity index (χ4n) is 1.44. The lowest BCUT2D eigenvalue weighted by Gasteiger charge is -2.06. The molecule has 0 spiro atoms. The van der Waals surface area contributed by atoms with Crippen molar-refractivity contribution in [3.63, 3.8) is 0 Å². The quantitative estimate of drug-likeness (QED) is 0.895. The second-order valence-electron chi connectivity index (χ2n) is 3.48. The zero-order valence-corrected chi connectivity index (χ0v) is 10.0. The topological polar surface area (TPSA) is 42.7 Å². The van der Waals surface area contributed by atoms with Crippen molar-refractivity contribution in [2.75, 3.05) is 0 Å². The highest BCUT2D eigenvalue weighted by molar-refractivity contribution is 7.11. The number of aryl methyl sites for hydroxylation is 1. The number of hydrogen-bond donors (Lipinski definition) is 1. The highest BCUT2D eigenvalue weighted by atomic mass is 32.1. The third-order valence-electron chi connectivity index (χ3n) is 2.21. The van der Waals surface area contributed by atoms with Gasteiger partial charge in [-0.15, -0.1) is 11.3 Å². The standard InChI is InChI=1S/C10H12F2N4S/c1-7-15-5-8(17-7)4-13-6-9-14-2-3-16(9)10(11)12/h2-3,5,10,13H,4,6H2,1H3. The summed E-state index contributed by atoms with van der Waals surface area (Å²) in [5.74, 6) is 0.334. The van der Waals surface area contributed by atoms with Crippen LogP contribution in [0.4, 0.5) is 8.78 Å². The van der Waals surface area contributed by atoms with E-state index in [9.17, 15) is 8.78 Å². The van der Waals surface area contributed by atoms with Gasteiger partial charge in [0.15, 0.2) is 0 Å². The molecule has 17 heavy (non-hydrogen) atoms. The molecule has 1 N–H and O–H groups in total. The van der Waals surface area contributed by atoms with Gasteiger partial charge in [0.1, 0.15) is 5.82 Å². The summed E-state index contributed by atoms with van der Waals surface area (Å²) < 4.78 is 25.9. The average molecular weight is 258 g/mol. The van der Waals surface area contributed by atoms with Crippen molar-refractivity contribution in [2.24, 2.45) is 0 Å². The van der Waals surface area contributed by atoms with Crippen LogP contribution in [0, 0.1) is 6.92 Å². The van der Waals surface area contributed by atoms with Crippen LogP contribution in [-0.4, -0.2) is 14.5 Å². The van der Waals surface area contributed by atoms with E-state index in [1.807, 2.05) is 6.92 Å². The SMILES string of the molecule is Cc1ncc(CNCc2nccn2C(F)F)s1. The summed E-state index contributed by atoms with van der Waals surface area (Å²) in [5, 5.41) is 4.06. The zero-order chi connectivity index (χ0) is 12.3. The molecule has 0 atom stereocenters. The van der Waals surface area contributed by atoms with Crippen LogP contribution in [-0.2, 0) is 13.1 Å². The number of rotatable bonds is 5. The zero-order valence-electron chi connectivity index (χ0n) is 9.23. The second kappa shape index (κ2) is 5.33. The highest BCUT2D eigenvalue weighted by Gasteiger charge is 2.10. The van der Waals surface area contributed by atoms with E-state index in [2.05, 4.69) is 15.3 Å². The van der Waals surface area contributed by atoms with Crippen LogP contribution >= 0.6 is 11.3 Å². The Morgan fingerprint density at radius 3 is 2.88 bits per heavy atom. The predicted octanol–water partition coefficient (Wildman–Crippen LogP) is 2.33. The van der Waals surface area contributed by atoms with Crippen molar-refractivity contribution in [3.8, 4) is 0 Å². The summed E-state index contributed by atoms with van der Waals surface area (Å²) in [4.78, 5) is 9.08. The van der Waals surface area contributed by atoms with Crippen LogP contribution in [0.3, 0.4) is 0 Å². The number of hydrogen-bond acceptors (Lipinski definition) is 4. The molecule has 0 radical (unpaired) electrons. The molecule has 0 aliphatic heterocycles. The van der Waals surface area contributed by atoms with Gasteiger partial charge in [0.2, 0.25) is 0 Å². The summed E-state index contributed by atoms with van der Waals surface area (Å²) >= 11 is 1.59. The number of aromatic nitrogens is 3. The first-order chi connectivity index (χ1) is 8.16. The maximum Gasteiger partial charge on any atom is 0.319 e. The minimum absolute atomic E-state index is 0.314. The van der Waals surface area contributed by atoms with E-state index >= 15 is 0 Å². The first kappa shape index (κ1) is 12.1. The molecule has 2 aromatic rings. The summed E-state index contributed by atoms with van der Waals surface area (Å²) in [7, 11) is 0. The van der Waals surface area contributed by atoms with Gasteiger partial charge in [-0.3, -0.25) is 4.57 Å². The maximum atomic E-state index is 12.5. The largest absolute Gasteiger partial charge is 0.319 e. The maximum absolute atomic E-state index is 12.5. The van der Waals surface area contributed by atoms with E-state index in [1.165, 1.54) is 12.4 Å². The van der Waals surface area contributed by atoms with Crippen LogP contribution < -0.4 is 5.32 Å². The molecule has 4 nitrogen and oxygen atoms in total. The molecule has 0 unspecified atom stereocenters. The van der Waals surface area contributed by atoms with Crippen LogP contribution in [0.15, 0.2) is 18.6 Å². The lowest BCUT2D eigenvalue weighted by molar-refractivity contribution is 0.0666. The van der Waals surface area contributed by atoms with Crippen molar-refractivity contribution in [3.05, 3.63) is 34.3 Å². The minimum Gasteiger partial charge on any atom is -0.305 e. The van der Waals surface area contributed by atoms with Gasteiger partial charge in [-0.05, 0) is 6.92 Å². The van der Waals surface area contributed by atoms with E-state index in [0.29, 0.717) is 18.9 Å². The van der Waals surface area contributed by atoms with E-state index < -0.39 is 6.55 Å². The number of thiazole rings is 1. The van der Waals surface area contributed by atoms with E-state index in [0.717, 1.165) is 14.5 Å². The lowest BCUT2D eigenvalue weighted by Crippen LogP contribution is -2.16. The van der Waals surface area contributed by atoms with Crippen molar-refractivity contribution in [1.29, 1.82) is 0 Å². The van der Waals surface area contributed by atoms with Crippen molar-refractivity contribution in [2.45, 2.75) is 26.6 Å². The molecule has 0 bridgehead atoms. The Bertz CT molecular complexity index is 480. The van der Waals surface area contributed by atoms with Gasteiger partial charge in [-0.1, -0.05) is 0 Å². The summed E-state index contributed by atoms with van der Waals surface area (Å²) in [6.07, 6.45) is 4.44. The number of nitrogens with one attached hydrogen (secondary N) is 1. The third-order valence-corrected chi connectivity index (χ3v) is 3.12. The molecular formula is C10H12F2N4S. The van der Waals surface area contributed by atoms with Crippen LogP contribution in [0.2, 0.25) is 0 Å². The Kier molecular flexibility index (Phi) is 3.80. The Hall–Kier alpha value is -1.34. The van der Waals surface area contributed by atoms with Gasteiger partial charge in [0, 0.05) is 30.0 Å². The first-order valence-electron chi connectivity index (χ1n) is 5.08. The molecule has 7 heteroatoms. The Morgan fingerprint density at radius 2 is 2.24 bits per heavy atom. The molecule has 0 aliphatic carbocycles. The molecule has 0 saturated carbocycles. The number of alkyl halides is 2. The van der Waals surface area contributed by atoms with Crippen LogP contribution in [0.5, 0.6) is 0 Å². The average Bonchev–Trinajstić information content (AvgIpc) is 2.87. The molecule has 0 saturated heterocycles. The molecule has 92 valence electrons. The molecule has 0 aromatic carbocycles. The first-order valence-corrected chi connectivity index (χ1v) is 5.90. The Balaban J connectivity index is 1.88. The smallest absolute Gasteiger partial charge is 0.305 e. The van der Waals surface area contributed by atoms with E-state index in [1.54, 1.807) is 17.5 Å². The summed E-state index contributed by atoms with van der Waals surface area (Å²) in [6.45, 7) is 0.313.